The van der Waals surface area contributed by atoms with Crippen LogP contribution in [0.2, 0.25) is 0 Å². The molecular weight excluding hydrogens is 124 g/mol. The lowest BCUT2D eigenvalue weighted by atomic mass is 9.81. The van der Waals surface area contributed by atoms with Crippen molar-refractivity contribution in [2.24, 2.45) is 0 Å². The molecule has 0 unspecified atom stereocenters. The van der Waals surface area contributed by atoms with E-state index in [1.165, 1.54) is 6.42 Å². The van der Waals surface area contributed by atoms with Crippen molar-refractivity contribution in [1.29, 1.82) is 0 Å². The molecule has 0 bridgehead atoms. The summed E-state index contributed by atoms with van der Waals surface area (Å²) in [4.78, 5) is 11.1. The van der Waals surface area contributed by atoms with E-state index < -0.39 is 0 Å². The van der Waals surface area contributed by atoms with Gasteiger partial charge < -0.3 is 0 Å². The third-order valence-electron chi connectivity index (χ3n) is 1.93. The van der Waals surface area contributed by atoms with Crippen LogP contribution in [0.1, 0.15) is 32.1 Å². The van der Waals surface area contributed by atoms with Gasteiger partial charge in [-0.25, -0.2) is 0 Å². The Hall–Kier alpha value is -0.590. The predicted molar refractivity (Wildman–Crippen MR) is 41.5 cm³/mol. The molecule has 0 heterocycles. The van der Waals surface area contributed by atoms with E-state index in [-0.39, 0.29) is 0 Å². The molecule has 0 aromatic carbocycles. The third-order valence-corrected chi connectivity index (χ3v) is 1.93. The Balaban J connectivity index is 2.13. The molecule has 1 nitrogen and oxygen atoms in total. The lowest BCUT2D eigenvalue weighted by Gasteiger charge is -2.22. The molecule has 0 aliphatic heterocycles. The van der Waals surface area contributed by atoms with Gasteiger partial charge in [-0.05, 0) is 19.3 Å². The topological polar surface area (TPSA) is 17.1 Å². The van der Waals surface area contributed by atoms with E-state index in [1.54, 1.807) is 6.08 Å². The van der Waals surface area contributed by atoms with Crippen LogP contribution in [0.5, 0.6) is 0 Å². The maximum absolute atomic E-state index is 11.1. The monoisotopic (exact) mass is 137 g/mol. The summed E-state index contributed by atoms with van der Waals surface area (Å²) in [6, 6.07) is 0. The second-order valence-corrected chi connectivity index (χ2v) is 2.71. The summed E-state index contributed by atoms with van der Waals surface area (Å²) in [5.74, 6) is 1.52. The predicted octanol–water partition coefficient (Wildman–Crippen LogP) is 2.28. The van der Waals surface area contributed by atoms with Crippen molar-refractivity contribution in [3.05, 3.63) is 18.6 Å². The van der Waals surface area contributed by atoms with E-state index >= 15 is 0 Å². The largest absolute Gasteiger partial charge is 0.299 e. The van der Waals surface area contributed by atoms with E-state index in [1.807, 2.05) is 0 Å². The molecule has 0 spiro atoms. The Morgan fingerprint density at radius 3 is 2.70 bits per heavy atom. The first kappa shape index (κ1) is 7.52. The maximum Gasteiger partial charge on any atom is 0.140 e. The summed E-state index contributed by atoms with van der Waals surface area (Å²) in [6.07, 6.45) is 6.64. The van der Waals surface area contributed by atoms with E-state index in [9.17, 15) is 4.79 Å². The van der Waals surface area contributed by atoms with Crippen LogP contribution >= 0.6 is 0 Å². The zero-order valence-corrected chi connectivity index (χ0v) is 6.23. The van der Waals surface area contributed by atoms with Crippen LogP contribution in [0, 0.1) is 5.92 Å². The highest BCUT2D eigenvalue weighted by atomic mass is 16.1. The average Bonchev–Trinajstić information content (AvgIpc) is 1.79. The average molecular weight is 137 g/mol. The number of carbonyl (C=O) groups is 1. The quantitative estimate of drug-likeness (QED) is 0.543. The molecule has 1 radical (unpaired) electrons. The van der Waals surface area contributed by atoms with Gasteiger partial charge in [-0.3, -0.25) is 4.79 Å². The van der Waals surface area contributed by atoms with Crippen molar-refractivity contribution in [1.82, 2.24) is 0 Å². The summed E-state index contributed by atoms with van der Waals surface area (Å²) < 4.78 is 0. The maximum atomic E-state index is 11.1. The number of carbonyl (C=O) groups excluding carboxylic acids is 1. The molecule has 0 amide bonds. The third kappa shape index (κ3) is 1.69. The van der Waals surface area contributed by atoms with Crippen LogP contribution in [0.3, 0.4) is 0 Å². The number of hydrogen-bond donors (Lipinski definition) is 0. The molecule has 0 saturated heterocycles. The van der Waals surface area contributed by atoms with Crippen LogP contribution in [0.4, 0.5) is 0 Å². The normalized spacial score (nSPS) is 18.0. The molecule has 0 atom stereocenters. The lowest BCUT2D eigenvalue weighted by molar-refractivity contribution is -0.118. The first-order chi connectivity index (χ1) is 4.84. The second-order valence-electron chi connectivity index (χ2n) is 2.71. The van der Waals surface area contributed by atoms with Crippen LogP contribution in [0.15, 0.2) is 12.7 Å². The molecule has 1 rings (SSSR count). The minimum absolute atomic E-state index is 0.367. The van der Waals surface area contributed by atoms with Crippen molar-refractivity contribution in [2.45, 2.75) is 32.1 Å². The van der Waals surface area contributed by atoms with Crippen molar-refractivity contribution < 1.29 is 4.79 Å². The molecule has 0 aromatic rings. The Morgan fingerprint density at radius 2 is 2.30 bits per heavy atom. The van der Waals surface area contributed by atoms with Gasteiger partial charge in [0, 0.05) is 12.3 Å². The lowest BCUT2D eigenvalue weighted by Crippen LogP contribution is -2.18. The van der Waals surface area contributed by atoms with Crippen molar-refractivity contribution in [2.75, 3.05) is 0 Å². The molecule has 1 aliphatic rings. The Bertz CT molecular complexity index is 134. The summed E-state index contributed by atoms with van der Waals surface area (Å²) in [6.45, 7) is 3.57. The summed E-state index contributed by atoms with van der Waals surface area (Å²) in [5, 5.41) is 0. The molecule has 10 heavy (non-hydrogen) atoms. The minimum atomic E-state index is 0.367. The van der Waals surface area contributed by atoms with Gasteiger partial charge in [-0.15, -0.1) is 6.58 Å². The van der Waals surface area contributed by atoms with Crippen molar-refractivity contribution in [3.63, 3.8) is 0 Å². The van der Waals surface area contributed by atoms with Gasteiger partial charge in [-0.2, -0.15) is 0 Å². The minimum Gasteiger partial charge on any atom is -0.299 e. The smallest absolute Gasteiger partial charge is 0.140 e. The summed E-state index contributed by atoms with van der Waals surface area (Å²) >= 11 is 0. The zero-order chi connectivity index (χ0) is 7.40. The van der Waals surface area contributed by atoms with Crippen LogP contribution < -0.4 is 0 Å². The van der Waals surface area contributed by atoms with Crippen molar-refractivity contribution >= 4 is 5.78 Å². The van der Waals surface area contributed by atoms with Crippen molar-refractivity contribution in [3.8, 4) is 0 Å². The standard InChI is InChI=1S/C9H13O/c1-2-3-7-9(10)8-5-4-6-8/h2H,1,3-7H2. The summed E-state index contributed by atoms with van der Waals surface area (Å²) in [5.41, 5.74) is 0. The molecular formula is C9H13O. The highest BCUT2D eigenvalue weighted by molar-refractivity contribution is 5.92. The van der Waals surface area contributed by atoms with E-state index in [4.69, 9.17) is 0 Å². The van der Waals surface area contributed by atoms with Gasteiger partial charge in [0.15, 0.2) is 0 Å². The molecule has 55 valence electrons. The van der Waals surface area contributed by atoms with Gasteiger partial charge in [0.2, 0.25) is 0 Å². The zero-order valence-electron chi connectivity index (χ0n) is 6.23. The van der Waals surface area contributed by atoms with Gasteiger partial charge in [0.1, 0.15) is 5.78 Å². The number of allylic oxidation sites excluding steroid dienone is 1. The Labute approximate surface area is 62.1 Å². The second kappa shape index (κ2) is 3.55. The van der Waals surface area contributed by atoms with Gasteiger partial charge in [0.05, 0.1) is 0 Å². The molecule has 1 fully saturated rings. The molecule has 1 heteroatoms. The first-order valence-corrected chi connectivity index (χ1v) is 3.83. The Kier molecular flexibility index (Phi) is 2.67. The summed E-state index contributed by atoms with van der Waals surface area (Å²) in [7, 11) is 0. The molecule has 0 aromatic heterocycles. The fourth-order valence-corrected chi connectivity index (χ4v) is 1.04. The molecule has 1 saturated carbocycles. The fourth-order valence-electron chi connectivity index (χ4n) is 1.04. The van der Waals surface area contributed by atoms with Crippen LogP contribution in [-0.2, 0) is 4.79 Å². The highest BCUT2D eigenvalue weighted by Crippen LogP contribution is 2.30. The first-order valence-electron chi connectivity index (χ1n) is 3.83. The number of rotatable bonds is 4. The van der Waals surface area contributed by atoms with Gasteiger partial charge in [0.25, 0.3) is 0 Å². The van der Waals surface area contributed by atoms with Gasteiger partial charge >= 0.3 is 0 Å². The molecule has 1 aliphatic carbocycles. The van der Waals surface area contributed by atoms with E-state index in [2.05, 4.69) is 6.58 Å². The van der Waals surface area contributed by atoms with Gasteiger partial charge in [-0.1, -0.05) is 12.5 Å². The SMILES string of the molecule is C=CCCC(=O)[C]1CCC1. The van der Waals surface area contributed by atoms with E-state index in [0.717, 1.165) is 25.2 Å². The van der Waals surface area contributed by atoms with Crippen LogP contribution in [0.25, 0.3) is 0 Å². The highest BCUT2D eigenvalue weighted by Gasteiger charge is 2.24. The van der Waals surface area contributed by atoms with Crippen LogP contribution in [-0.4, -0.2) is 5.78 Å². The number of ketones is 1. The Morgan fingerprint density at radius 1 is 1.60 bits per heavy atom. The fraction of sp³-hybridized carbons (Fsp3) is 0.556. The van der Waals surface area contributed by atoms with E-state index in [0.29, 0.717) is 12.2 Å². The number of hydrogen-bond acceptors (Lipinski definition) is 1. The molecule has 0 N–H and O–H groups in total. The number of Topliss-reactive ketones (excluding diaryl/α,β-unsaturated/α-hetero) is 1.